The fourth-order valence-corrected chi connectivity index (χ4v) is 5.71. The first-order valence-corrected chi connectivity index (χ1v) is 9.80. The molecule has 0 radical (unpaired) electrons. The second-order valence-electron chi connectivity index (χ2n) is 6.72. The van der Waals surface area contributed by atoms with E-state index in [4.69, 9.17) is 32.7 Å². The summed E-state index contributed by atoms with van der Waals surface area (Å²) in [5.41, 5.74) is 0.336. The van der Waals surface area contributed by atoms with Crippen LogP contribution in [0.2, 0.25) is 10.0 Å². The molecule has 138 valence electrons. The third-order valence-corrected chi connectivity index (χ3v) is 7.39. The lowest BCUT2D eigenvalue weighted by Crippen LogP contribution is -2.39. The van der Waals surface area contributed by atoms with E-state index < -0.39 is 30.3 Å². The van der Waals surface area contributed by atoms with Gasteiger partial charge in [0, 0.05) is 5.92 Å². The Kier molecular flexibility index (Phi) is 4.65. The number of carbonyl (C=O) groups is 3. The predicted molar refractivity (Wildman–Crippen MR) is 97.2 cm³/mol. The summed E-state index contributed by atoms with van der Waals surface area (Å²) < 4.78 is 10.5. The van der Waals surface area contributed by atoms with E-state index in [1.54, 1.807) is 18.2 Å². The van der Waals surface area contributed by atoms with Crippen molar-refractivity contribution in [2.24, 2.45) is 23.7 Å². The number of halogens is 3. The van der Waals surface area contributed by atoms with Gasteiger partial charge in [-0.1, -0.05) is 45.2 Å². The van der Waals surface area contributed by atoms with Crippen molar-refractivity contribution >= 4 is 62.7 Å². The summed E-state index contributed by atoms with van der Waals surface area (Å²) in [6.07, 6.45) is 0.593. The molecule has 9 heteroatoms. The molecule has 0 aromatic heterocycles. The van der Waals surface area contributed by atoms with Crippen molar-refractivity contribution in [2.75, 3.05) is 11.9 Å². The zero-order valence-electron chi connectivity index (χ0n) is 13.3. The molecule has 1 saturated heterocycles. The summed E-state index contributed by atoms with van der Waals surface area (Å²) >= 11 is 15.4. The highest BCUT2D eigenvalue weighted by Crippen LogP contribution is 2.60. The number of ether oxygens (including phenoxy) is 2. The maximum atomic E-state index is 12.5. The highest BCUT2D eigenvalue weighted by atomic mass is 79.9. The molecule has 0 unspecified atom stereocenters. The van der Waals surface area contributed by atoms with Crippen molar-refractivity contribution in [2.45, 2.75) is 17.4 Å². The fraction of sp³-hybridized carbons (Fsp3) is 0.471. The van der Waals surface area contributed by atoms with Crippen LogP contribution in [-0.4, -0.2) is 35.4 Å². The van der Waals surface area contributed by atoms with Crippen LogP contribution in [0.15, 0.2) is 18.2 Å². The molecule has 6 atom stereocenters. The van der Waals surface area contributed by atoms with Gasteiger partial charge in [-0.05, 0) is 24.5 Å². The van der Waals surface area contributed by atoms with Crippen molar-refractivity contribution in [3.8, 4) is 0 Å². The number of amides is 1. The van der Waals surface area contributed by atoms with Gasteiger partial charge in [0.1, 0.15) is 6.10 Å². The van der Waals surface area contributed by atoms with Crippen LogP contribution in [0, 0.1) is 23.7 Å². The summed E-state index contributed by atoms with van der Waals surface area (Å²) in [4.78, 5) is 36.6. The van der Waals surface area contributed by atoms with Crippen LogP contribution < -0.4 is 5.32 Å². The molecule has 0 spiro atoms. The monoisotopic (exact) mass is 461 g/mol. The van der Waals surface area contributed by atoms with Gasteiger partial charge in [0.15, 0.2) is 6.61 Å². The van der Waals surface area contributed by atoms with Gasteiger partial charge in [-0.15, -0.1) is 0 Å². The maximum Gasteiger partial charge on any atom is 0.310 e. The third-order valence-electron chi connectivity index (χ3n) is 5.37. The minimum Gasteiger partial charge on any atom is -0.461 e. The predicted octanol–water partition coefficient (Wildman–Crippen LogP) is 3.05. The molecular formula is C17H14BrCl2NO5. The molecule has 3 fully saturated rings. The van der Waals surface area contributed by atoms with Crippen molar-refractivity contribution in [1.29, 1.82) is 0 Å². The molecule has 2 aliphatic carbocycles. The van der Waals surface area contributed by atoms with Crippen molar-refractivity contribution < 1.29 is 23.9 Å². The number of fused-ring (bicyclic) bond motifs is 1. The van der Waals surface area contributed by atoms with Crippen LogP contribution in [0.25, 0.3) is 0 Å². The third kappa shape index (κ3) is 2.80. The second kappa shape index (κ2) is 6.69. The Morgan fingerprint density at radius 2 is 2.08 bits per heavy atom. The Labute approximate surface area is 167 Å². The van der Waals surface area contributed by atoms with Gasteiger partial charge < -0.3 is 14.8 Å². The van der Waals surface area contributed by atoms with E-state index in [-0.39, 0.29) is 33.8 Å². The van der Waals surface area contributed by atoms with E-state index in [2.05, 4.69) is 21.2 Å². The molecular weight excluding hydrogens is 449 g/mol. The lowest BCUT2D eigenvalue weighted by molar-refractivity contribution is -0.157. The number of esters is 2. The Morgan fingerprint density at radius 3 is 2.85 bits per heavy atom. The number of hydrogen-bond acceptors (Lipinski definition) is 5. The highest BCUT2D eigenvalue weighted by molar-refractivity contribution is 9.09. The number of carbonyl (C=O) groups excluding carboxylic acids is 3. The van der Waals surface area contributed by atoms with E-state index >= 15 is 0 Å². The van der Waals surface area contributed by atoms with Crippen LogP contribution in [0.1, 0.15) is 6.42 Å². The summed E-state index contributed by atoms with van der Waals surface area (Å²) in [6.45, 7) is -0.465. The van der Waals surface area contributed by atoms with Crippen LogP contribution in [0.3, 0.4) is 0 Å². The van der Waals surface area contributed by atoms with Crippen LogP contribution in [-0.2, 0) is 23.9 Å². The maximum absolute atomic E-state index is 12.5. The number of rotatable bonds is 4. The van der Waals surface area contributed by atoms with Gasteiger partial charge in [-0.2, -0.15) is 0 Å². The molecule has 1 aromatic rings. The number of hydrogen-bond donors (Lipinski definition) is 1. The molecule has 1 aliphatic heterocycles. The van der Waals surface area contributed by atoms with E-state index in [0.29, 0.717) is 10.7 Å². The van der Waals surface area contributed by atoms with Gasteiger partial charge in [-0.3, -0.25) is 14.4 Å². The zero-order valence-corrected chi connectivity index (χ0v) is 16.4. The standard InChI is InChI=1S/C17H14BrCl2NO5/c18-13-6-4-7-12(17(24)26-15(7)13)11(6)16(23)25-5-10(22)21-9-3-1-2-8(19)14(9)20/h1-3,6-7,11-13,15H,4-5H2,(H,21,22)/t6-,7-,11-,12+,13+,15+/m1/s1. The van der Waals surface area contributed by atoms with Gasteiger partial charge in [0.05, 0.1) is 32.4 Å². The quantitative estimate of drug-likeness (QED) is 0.549. The van der Waals surface area contributed by atoms with Gasteiger partial charge in [0.25, 0.3) is 5.91 Å². The normalized spacial score (nSPS) is 33.9. The fourth-order valence-electron chi connectivity index (χ4n) is 4.31. The number of anilines is 1. The smallest absolute Gasteiger partial charge is 0.310 e. The summed E-state index contributed by atoms with van der Waals surface area (Å²) in [7, 11) is 0. The first-order valence-electron chi connectivity index (χ1n) is 8.13. The average molecular weight is 463 g/mol. The highest BCUT2D eigenvalue weighted by Gasteiger charge is 2.68. The van der Waals surface area contributed by atoms with Crippen molar-refractivity contribution in [1.82, 2.24) is 0 Å². The Hall–Kier alpha value is -1.31. The first-order chi connectivity index (χ1) is 12.4. The minimum absolute atomic E-state index is 0.0145. The first kappa shape index (κ1) is 18.1. The van der Waals surface area contributed by atoms with Crippen molar-refractivity contribution in [3.05, 3.63) is 28.2 Å². The van der Waals surface area contributed by atoms with Crippen LogP contribution in [0.5, 0.6) is 0 Å². The largest absolute Gasteiger partial charge is 0.461 e. The molecule has 3 aliphatic rings. The lowest BCUT2D eigenvalue weighted by Gasteiger charge is -2.26. The van der Waals surface area contributed by atoms with E-state index in [1.165, 1.54) is 0 Å². The summed E-state index contributed by atoms with van der Waals surface area (Å²) in [6, 6.07) is 4.83. The Balaban J connectivity index is 1.38. The minimum atomic E-state index is -0.571. The Bertz CT molecular complexity index is 803. The van der Waals surface area contributed by atoms with Crippen LogP contribution >= 0.6 is 39.1 Å². The number of benzene rings is 1. The van der Waals surface area contributed by atoms with E-state index in [1.807, 2.05) is 0 Å². The number of nitrogens with one attached hydrogen (secondary N) is 1. The average Bonchev–Trinajstić information content (AvgIpc) is 3.21. The van der Waals surface area contributed by atoms with Gasteiger partial charge in [0.2, 0.25) is 0 Å². The van der Waals surface area contributed by atoms with E-state index in [0.717, 1.165) is 6.42 Å². The summed E-state index contributed by atoms with van der Waals surface area (Å²) in [5.74, 6) is -2.42. The van der Waals surface area contributed by atoms with Gasteiger partial charge >= 0.3 is 11.9 Å². The molecule has 2 bridgehead atoms. The molecule has 6 nitrogen and oxygen atoms in total. The van der Waals surface area contributed by atoms with Crippen LogP contribution in [0.4, 0.5) is 5.69 Å². The van der Waals surface area contributed by atoms with Gasteiger partial charge in [-0.25, -0.2) is 0 Å². The molecule has 1 heterocycles. The zero-order chi connectivity index (χ0) is 18.6. The molecule has 1 aromatic carbocycles. The topological polar surface area (TPSA) is 81.7 Å². The van der Waals surface area contributed by atoms with E-state index in [9.17, 15) is 14.4 Å². The molecule has 1 N–H and O–H groups in total. The molecule has 1 amide bonds. The molecule has 2 saturated carbocycles. The number of alkyl halides is 1. The SMILES string of the molecule is O=C(COC(=O)[C@@H]1[C@H]2C[C@H]3[C@H](OC(=O)[C@@H]31)[C@H]2Br)Nc1cccc(Cl)c1Cl. The van der Waals surface area contributed by atoms with Crippen molar-refractivity contribution in [3.63, 3.8) is 0 Å². The second-order valence-corrected chi connectivity index (χ2v) is 8.56. The molecule has 26 heavy (non-hydrogen) atoms. The Morgan fingerprint density at radius 1 is 1.31 bits per heavy atom. The summed E-state index contributed by atoms with van der Waals surface area (Å²) in [5, 5.41) is 3.07. The lowest BCUT2D eigenvalue weighted by atomic mass is 9.80. The molecule has 4 rings (SSSR count).